The lowest BCUT2D eigenvalue weighted by Gasteiger charge is -2.34. The quantitative estimate of drug-likeness (QED) is 0.797. The number of carbonyl (C=O) groups is 2. The Morgan fingerprint density at radius 1 is 1.33 bits per heavy atom. The molecule has 1 saturated carbocycles. The van der Waals surface area contributed by atoms with Crippen molar-refractivity contribution in [2.75, 3.05) is 0 Å². The zero-order valence-corrected chi connectivity index (χ0v) is 11.2. The van der Waals surface area contributed by atoms with E-state index in [4.69, 9.17) is 5.73 Å². The average molecular weight is 252 g/mol. The van der Waals surface area contributed by atoms with Crippen LogP contribution in [0.1, 0.15) is 51.9 Å². The molecule has 2 aliphatic rings. The smallest absolute Gasteiger partial charge is 0.220 e. The molecule has 0 aromatic heterocycles. The Morgan fingerprint density at radius 3 is 2.67 bits per heavy atom. The molecule has 2 fully saturated rings. The largest absolute Gasteiger partial charge is 0.370 e. The molecule has 18 heavy (non-hydrogen) atoms. The van der Waals surface area contributed by atoms with E-state index in [0.717, 1.165) is 25.7 Å². The Morgan fingerprint density at radius 2 is 2.06 bits per heavy atom. The first-order valence-electron chi connectivity index (χ1n) is 7.10. The number of hydrogen-bond acceptors (Lipinski definition) is 2. The van der Waals surface area contributed by atoms with E-state index in [1.807, 2.05) is 0 Å². The number of carbonyl (C=O) groups excluding carboxylic acids is 2. The fourth-order valence-corrected chi connectivity index (χ4v) is 3.80. The summed E-state index contributed by atoms with van der Waals surface area (Å²) < 4.78 is 0. The van der Waals surface area contributed by atoms with Gasteiger partial charge in [0.25, 0.3) is 0 Å². The molecule has 1 heterocycles. The van der Waals surface area contributed by atoms with Crippen molar-refractivity contribution in [1.82, 2.24) is 5.32 Å². The van der Waals surface area contributed by atoms with Crippen LogP contribution in [0.3, 0.4) is 0 Å². The number of primary amides is 1. The van der Waals surface area contributed by atoms with E-state index >= 15 is 0 Å². The van der Waals surface area contributed by atoms with E-state index in [-0.39, 0.29) is 11.8 Å². The number of rotatable bonds is 4. The zero-order valence-electron chi connectivity index (χ0n) is 11.2. The lowest BCUT2D eigenvalue weighted by molar-refractivity contribution is -0.120. The highest BCUT2D eigenvalue weighted by molar-refractivity contribution is 5.78. The number of nitrogens with one attached hydrogen (secondary N) is 1. The second-order valence-corrected chi connectivity index (χ2v) is 6.25. The van der Waals surface area contributed by atoms with Crippen LogP contribution in [0.4, 0.5) is 0 Å². The highest BCUT2D eigenvalue weighted by Crippen LogP contribution is 2.37. The van der Waals surface area contributed by atoms with Crippen LogP contribution < -0.4 is 11.1 Å². The van der Waals surface area contributed by atoms with Crippen LogP contribution in [-0.4, -0.2) is 17.9 Å². The van der Waals surface area contributed by atoms with Crippen molar-refractivity contribution in [3.63, 3.8) is 0 Å². The minimum absolute atomic E-state index is 0.179. The second kappa shape index (κ2) is 5.72. The Balaban J connectivity index is 1.84. The zero-order chi connectivity index (χ0) is 13.1. The van der Waals surface area contributed by atoms with Crippen molar-refractivity contribution in [3.05, 3.63) is 0 Å². The lowest BCUT2D eigenvalue weighted by atomic mass is 9.72. The van der Waals surface area contributed by atoms with Crippen LogP contribution in [0.25, 0.3) is 0 Å². The van der Waals surface area contributed by atoms with Crippen LogP contribution >= 0.6 is 0 Å². The minimum atomic E-state index is -0.179. The van der Waals surface area contributed by atoms with Gasteiger partial charge >= 0.3 is 0 Å². The van der Waals surface area contributed by atoms with Crippen molar-refractivity contribution < 1.29 is 9.59 Å². The van der Waals surface area contributed by atoms with Gasteiger partial charge in [-0.15, -0.1) is 0 Å². The van der Waals surface area contributed by atoms with Gasteiger partial charge in [0.1, 0.15) is 0 Å². The van der Waals surface area contributed by atoms with Gasteiger partial charge in [0.15, 0.2) is 0 Å². The molecule has 0 aromatic rings. The Kier molecular flexibility index (Phi) is 4.25. The van der Waals surface area contributed by atoms with Gasteiger partial charge in [-0.05, 0) is 49.9 Å². The van der Waals surface area contributed by atoms with E-state index < -0.39 is 0 Å². The van der Waals surface area contributed by atoms with Gasteiger partial charge in [-0.3, -0.25) is 9.59 Å². The van der Waals surface area contributed by atoms with Crippen molar-refractivity contribution in [3.8, 4) is 0 Å². The van der Waals surface area contributed by atoms with Gasteiger partial charge < -0.3 is 11.1 Å². The fraction of sp³-hybridized carbons (Fsp3) is 0.857. The first-order valence-corrected chi connectivity index (χ1v) is 7.10. The molecule has 4 nitrogen and oxygen atoms in total. The summed E-state index contributed by atoms with van der Waals surface area (Å²) in [6.45, 7) is 2.26. The van der Waals surface area contributed by atoms with E-state index in [0.29, 0.717) is 36.6 Å². The normalized spacial score (nSPS) is 36.4. The summed E-state index contributed by atoms with van der Waals surface area (Å²) in [7, 11) is 0. The molecule has 102 valence electrons. The van der Waals surface area contributed by atoms with Gasteiger partial charge in [-0.2, -0.15) is 0 Å². The molecular formula is C14H24N2O2. The van der Waals surface area contributed by atoms with E-state index in [9.17, 15) is 9.59 Å². The van der Waals surface area contributed by atoms with Crippen molar-refractivity contribution in [2.24, 2.45) is 23.5 Å². The molecule has 0 aromatic carbocycles. The lowest BCUT2D eigenvalue weighted by Crippen LogP contribution is -2.31. The third-order valence-electron chi connectivity index (χ3n) is 4.33. The van der Waals surface area contributed by atoms with Gasteiger partial charge in [0.05, 0.1) is 0 Å². The Bertz CT molecular complexity index is 330. The molecule has 1 aliphatic heterocycles. The SMILES string of the molecule is C[C@@H]1C[C@H](CC(N)=O)C[C@@H](C[C@@H]2CCC(=O)N2)C1. The highest BCUT2D eigenvalue weighted by Gasteiger charge is 2.31. The molecule has 1 aliphatic carbocycles. The summed E-state index contributed by atoms with van der Waals surface area (Å²) in [5, 5.41) is 3.04. The van der Waals surface area contributed by atoms with Gasteiger partial charge in [-0.25, -0.2) is 0 Å². The molecule has 0 bridgehead atoms. The predicted octanol–water partition coefficient (Wildman–Crippen LogP) is 1.58. The predicted molar refractivity (Wildman–Crippen MR) is 69.6 cm³/mol. The number of amides is 2. The first-order chi connectivity index (χ1) is 8.52. The second-order valence-electron chi connectivity index (χ2n) is 6.25. The fourth-order valence-electron chi connectivity index (χ4n) is 3.80. The molecule has 0 spiro atoms. The Labute approximate surface area is 109 Å². The molecule has 4 heteroatoms. The summed E-state index contributed by atoms with van der Waals surface area (Å²) >= 11 is 0. The maximum Gasteiger partial charge on any atom is 0.220 e. The van der Waals surface area contributed by atoms with Gasteiger partial charge in [0, 0.05) is 18.9 Å². The molecule has 4 atom stereocenters. The number of hydrogen-bond donors (Lipinski definition) is 2. The highest BCUT2D eigenvalue weighted by atomic mass is 16.2. The molecule has 2 amide bonds. The van der Waals surface area contributed by atoms with Crippen LogP contribution in [0.5, 0.6) is 0 Å². The van der Waals surface area contributed by atoms with E-state index in [1.54, 1.807) is 0 Å². The summed E-state index contributed by atoms with van der Waals surface area (Å²) in [6, 6.07) is 0.363. The first kappa shape index (κ1) is 13.4. The van der Waals surface area contributed by atoms with Crippen LogP contribution in [0.2, 0.25) is 0 Å². The van der Waals surface area contributed by atoms with Crippen molar-refractivity contribution in [2.45, 2.75) is 57.9 Å². The van der Waals surface area contributed by atoms with E-state index in [2.05, 4.69) is 12.2 Å². The van der Waals surface area contributed by atoms with Crippen LogP contribution in [0.15, 0.2) is 0 Å². The monoisotopic (exact) mass is 252 g/mol. The average Bonchev–Trinajstić information content (AvgIpc) is 2.61. The summed E-state index contributed by atoms with van der Waals surface area (Å²) in [6.07, 6.45) is 6.70. The minimum Gasteiger partial charge on any atom is -0.370 e. The third-order valence-corrected chi connectivity index (χ3v) is 4.33. The molecular weight excluding hydrogens is 228 g/mol. The standard InChI is InChI=1S/C14H24N2O2/c1-9-4-10(6-11(5-9)8-13(15)17)7-12-2-3-14(18)16-12/h9-12H,2-8H2,1H3,(H2,15,17)(H,16,18)/t9-,10-,11-,12-/m0/s1. The van der Waals surface area contributed by atoms with Crippen molar-refractivity contribution in [1.29, 1.82) is 0 Å². The number of nitrogens with two attached hydrogens (primary N) is 1. The summed E-state index contributed by atoms with van der Waals surface area (Å²) in [4.78, 5) is 22.2. The maximum atomic E-state index is 11.2. The molecule has 1 saturated heterocycles. The summed E-state index contributed by atoms with van der Waals surface area (Å²) in [5.41, 5.74) is 5.30. The molecule has 0 radical (unpaired) electrons. The topological polar surface area (TPSA) is 72.2 Å². The van der Waals surface area contributed by atoms with Crippen molar-refractivity contribution >= 4 is 11.8 Å². The molecule has 2 rings (SSSR count). The Hall–Kier alpha value is -1.06. The van der Waals surface area contributed by atoms with Crippen LogP contribution in [-0.2, 0) is 9.59 Å². The molecule has 3 N–H and O–H groups in total. The van der Waals surface area contributed by atoms with E-state index in [1.165, 1.54) is 6.42 Å². The van der Waals surface area contributed by atoms with Crippen LogP contribution in [0, 0.1) is 17.8 Å². The maximum absolute atomic E-state index is 11.2. The summed E-state index contributed by atoms with van der Waals surface area (Å²) in [5.74, 6) is 1.78. The third kappa shape index (κ3) is 3.72. The van der Waals surface area contributed by atoms with Gasteiger partial charge in [0.2, 0.25) is 11.8 Å². The molecule has 0 unspecified atom stereocenters. The van der Waals surface area contributed by atoms with Gasteiger partial charge in [-0.1, -0.05) is 6.92 Å².